The first-order valence-corrected chi connectivity index (χ1v) is 15.5. The van der Waals surface area contributed by atoms with E-state index in [1.54, 1.807) is 0 Å². The highest BCUT2D eigenvalue weighted by atomic mass is 16.6. The fraction of sp³-hybridized carbons (Fsp3) is 0.774. The van der Waals surface area contributed by atoms with Crippen LogP contribution < -0.4 is 5.73 Å². The van der Waals surface area contributed by atoms with Crippen LogP contribution in [0.15, 0.2) is 23.8 Å². The molecule has 8 nitrogen and oxygen atoms in total. The Morgan fingerprint density at radius 3 is 2.60 bits per heavy atom. The van der Waals surface area contributed by atoms with Gasteiger partial charge in [-0.2, -0.15) is 0 Å². The summed E-state index contributed by atoms with van der Waals surface area (Å²) in [4.78, 5) is 37.7. The van der Waals surface area contributed by atoms with Crippen LogP contribution in [0.1, 0.15) is 98.3 Å². The third kappa shape index (κ3) is 6.84. The Balaban J connectivity index is 1.42. The maximum atomic E-state index is 12.8. The number of nitrogens with two attached hydrogens (primary N) is 1. The van der Waals surface area contributed by atoms with Crippen LogP contribution >= 0.6 is 0 Å². The lowest BCUT2D eigenvalue weighted by atomic mass is 9.50. The molecule has 4 aliphatic rings. The highest BCUT2D eigenvalue weighted by Crippen LogP contribution is 2.47. The van der Waals surface area contributed by atoms with E-state index in [4.69, 9.17) is 19.9 Å². The number of primary amides is 1. The lowest BCUT2D eigenvalue weighted by molar-refractivity contribution is -0.162. The van der Waals surface area contributed by atoms with E-state index in [-0.39, 0.29) is 54.2 Å². The smallest absolute Gasteiger partial charge is 0.462 e. The molecule has 3 aliphatic carbocycles. The van der Waals surface area contributed by atoms with E-state index in [0.717, 1.165) is 38.5 Å². The van der Waals surface area contributed by atoms with E-state index in [2.05, 4.69) is 32.1 Å². The van der Waals surface area contributed by atoms with E-state index in [1.807, 2.05) is 13.8 Å². The highest BCUT2D eigenvalue weighted by Gasteiger charge is 2.51. The van der Waals surface area contributed by atoms with Crippen molar-refractivity contribution in [2.45, 2.75) is 122 Å². The van der Waals surface area contributed by atoms with Gasteiger partial charge in [0.05, 0.1) is 23.8 Å². The molecule has 40 heavy (non-hydrogen) atoms. The molecule has 0 radical (unpaired) electrons. The zero-order valence-electron chi connectivity index (χ0n) is 24.7. The van der Waals surface area contributed by atoms with Crippen LogP contribution in [0.25, 0.3) is 0 Å². The first-order chi connectivity index (χ1) is 19.0. The maximum Gasteiger partial charge on any atom is 0.470 e. The molecule has 2 fully saturated rings. The molecule has 8 atom stereocenters. The van der Waals surface area contributed by atoms with Crippen molar-refractivity contribution in [3.05, 3.63) is 23.8 Å². The normalized spacial score (nSPS) is 34.2. The number of carbonyl (C=O) groups is 3. The molecule has 1 amide bonds. The molecule has 1 saturated carbocycles. The molecule has 0 aromatic heterocycles. The summed E-state index contributed by atoms with van der Waals surface area (Å²) >= 11 is 0. The SMILES string of the molecule is CC[C@H](C)C(=O)O[C@H]1C[C@@H](C)C=C2C=C[C@H](C)[C@H](CC[C@H]3C[C@@H](OB(O)C4(C(N)=O)CCCCC4)CC(=O)O3)[C@H]21. The Kier molecular flexibility index (Phi) is 10.2. The topological polar surface area (TPSA) is 125 Å². The average Bonchev–Trinajstić information content (AvgIpc) is 2.92. The number of carbonyl (C=O) groups excluding carboxylic acids is 3. The van der Waals surface area contributed by atoms with Crippen LogP contribution in [-0.2, 0) is 28.5 Å². The Morgan fingerprint density at radius 2 is 1.93 bits per heavy atom. The number of allylic oxidation sites excluding steroid dienone is 3. The summed E-state index contributed by atoms with van der Waals surface area (Å²) in [6.45, 7) is 8.28. The van der Waals surface area contributed by atoms with Crippen LogP contribution in [0.2, 0.25) is 5.31 Å². The number of cyclic esters (lactones) is 1. The molecule has 0 aromatic carbocycles. The minimum atomic E-state index is -1.33. The summed E-state index contributed by atoms with van der Waals surface area (Å²) in [6.07, 6.45) is 12.8. The number of ether oxygens (including phenoxy) is 2. The third-order valence-corrected chi connectivity index (χ3v) is 9.95. The number of hydrogen-bond donors (Lipinski definition) is 2. The van der Waals surface area contributed by atoms with Crippen LogP contribution in [0.4, 0.5) is 0 Å². The van der Waals surface area contributed by atoms with Gasteiger partial charge in [-0.05, 0) is 61.9 Å². The minimum Gasteiger partial charge on any atom is -0.462 e. The largest absolute Gasteiger partial charge is 0.470 e. The predicted octanol–water partition coefficient (Wildman–Crippen LogP) is 4.89. The lowest BCUT2D eigenvalue weighted by Gasteiger charge is -2.43. The standard InChI is InChI=1S/C31H48BNO7/c1-5-20(3)29(35)39-26-16-19(2)15-22-10-9-21(4)25(28(22)26)12-11-23-17-24(18-27(34)38-23)40-32(37)31(30(33)36)13-7-6-8-14-31/h9-10,15,19-21,23-26,28,37H,5-8,11-14,16-18H2,1-4H3,(H2,33,36)/t19-,20-,21-,23-,24+,25-,26-,28-/m0/s1. The molecule has 222 valence electrons. The maximum absolute atomic E-state index is 12.8. The van der Waals surface area contributed by atoms with Gasteiger partial charge in [0.15, 0.2) is 0 Å². The van der Waals surface area contributed by atoms with Crippen LogP contribution in [0.5, 0.6) is 0 Å². The number of fused-ring (bicyclic) bond motifs is 1. The lowest BCUT2D eigenvalue weighted by Crippen LogP contribution is -2.49. The first-order valence-electron chi connectivity index (χ1n) is 15.5. The molecule has 1 heterocycles. The Labute approximate surface area is 239 Å². The van der Waals surface area contributed by atoms with Crippen molar-refractivity contribution in [1.82, 2.24) is 0 Å². The first kappa shape index (κ1) is 30.8. The summed E-state index contributed by atoms with van der Waals surface area (Å²) in [5.41, 5.74) is 6.96. The van der Waals surface area contributed by atoms with Crippen molar-refractivity contribution < 1.29 is 33.5 Å². The number of esters is 2. The monoisotopic (exact) mass is 557 g/mol. The van der Waals surface area contributed by atoms with Crippen molar-refractivity contribution in [3.63, 3.8) is 0 Å². The van der Waals surface area contributed by atoms with E-state index in [0.29, 0.717) is 31.6 Å². The van der Waals surface area contributed by atoms with Gasteiger partial charge in [0.25, 0.3) is 0 Å². The third-order valence-electron chi connectivity index (χ3n) is 9.95. The molecule has 1 saturated heterocycles. The molecule has 0 bridgehead atoms. The molecule has 0 unspecified atom stereocenters. The van der Waals surface area contributed by atoms with E-state index < -0.39 is 24.4 Å². The van der Waals surface area contributed by atoms with Crippen molar-refractivity contribution in [3.8, 4) is 0 Å². The highest BCUT2D eigenvalue weighted by molar-refractivity contribution is 6.53. The van der Waals surface area contributed by atoms with Gasteiger partial charge in [0, 0.05) is 12.3 Å². The van der Waals surface area contributed by atoms with Gasteiger partial charge in [-0.15, -0.1) is 0 Å². The Morgan fingerprint density at radius 1 is 1.20 bits per heavy atom. The second-order valence-electron chi connectivity index (χ2n) is 12.9. The summed E-state index contributed by atoms with van der Waals surface area (Å²) in [5.74, 6) is -0.184. The molecule has 0 spiro atoms. The quantitative estimate of drug-likeness (QED) is 0.289. The van der Waals surface area contributed by atoms with Gasteiger partial charge in [-0.1, -0.05) is 65.2 Å². The summed E-state index contributed by atoms with van der Waals surface area (Å²) in [6, 6.07) is 0. The van der Waals surface area contributed by atoms with Crippen molar-refractivity contribution >= 4 is 25.0 Å². The van der Waals surface area contributed by atoms with Crippen LogP contribution in [-0.4, -0.2) is 48.3 Å². The molecule has 3 N–H and O–H groups in total. The van der Waals surface area contributed by atoms with Gasteiger partial charge in [-0.3, -0.25) is 14.4 Å². The van der Waals surface area contributed by atoms with Crippen molar-refractivity contribution in [2.24, 2.45) is 35.3 Å². The molecule has 4 rings (SSSR count). The Bertz CT molecular complexity index is 990. The molecule has 1 aliphatic heterocycles. The second kappa shape index (κ2) is 13.2. The van der Waals surface area contributed by atoms with Gasteiger partial charge in [-0.25, -0.2) is 0 Å². The van der Waals surface area contributed by atoms with E-state index in [1.165, 1.54) is 5.57 Å². The minimum absolute atomic E-state index is 0.0476. The molecule has 9 heteroatoms. The zero-order valence-corrected chi connectivity index (χ0v) is 24.7. The van der Waals surface area contributed by atoms with Crippen molar-refractivity contribution in [2.75, 3.05) is 0 Å². The van der Waals surface area contributed by atoms with E-state index in [9.17, 15) is 19.4 Å². The summed E-state index contributed by atoms with van der Waals surface area (Å²) in [7, 11) is -1.33. The fourth-order valence-electron chi connectivity index (χ4n) is 7.27. The van der Waals surface area contributed by atoms with Gasteiger partial charge >= 0.3 is 19.1 Å². The number of rotatable bonds is 10. The molecular weight excluding hydrogens is 509 g/mol. The van der Waals surface area contributed by atoms with Crippen molar-refractivity contribution in [1.29, 1.82) is 0 Å². The second-order valence-corrected chi connectivity index (χ2v) is 12.9. The Hall–Kier alpha value is -2.13. The average molecular weight is 558 g/mol. The van der Waals surface area contributed by atoms with Crippen LogP contribution in [0.3, 0.4) is 0 Å². The molecule has 0 aromatic rings. The van der Waals surface area contributed by atoms with E-state index >= 15 is 0 Å². The number of hydrogen-bond acceptors (Lipinski definition) is 7. The zero-order chi connectivity index (χ0) is 29.0. The summed E-state index contributed by atoms with van der Waals surface area (Å²) in [5, 5.41) is 9.87. The van der Waals surface area contributed by atoms with Crippen LogP contribution in [0, 0.1) is 29.6 Å². The van der Waals surface area contributed by atoms with Gasteiger partial charge < -0.3 is 24.9 Å². The molecular formula is C31H48BNO7. The van der Waals surface area contributed by atoms with Gasteiger partial charge in [0.1, 0.15) is 12.2 Å². The predicted molar refractivity (Wildman–Crippen MR) is 153 cm³/mol. The fourth-order valence-corrected chi connectivity index (χ4v) is 7.27. The number of amides is 1. The summed E-state index contributed by atoms with van der Waals surface area (Å²) < 4.78 is 17.8. The van der Waals surface area contributed by atoms with Gasteiger partial charge in [0.2, 0.25) is 5.91 Å².